The second-order valence-electron chi connectivity index (χ2n) is 8.36. The van der Waals surface area contributed by atoms with Gasteiger partial charge in [-0.3, -0.25) is 9.48 Å². The number of aromatic nitrogens is 2. The number of nitrogens with zero attached hydrogens (tertiary/aromatic N) is 2. The average molecular weight is 370 g/mol. The molecular formula is C21H30N4O2. The van der Waals surface area contributed by atoms with Crippen LogP contribution in [0.4, 0.5) is 0 Å². The first-order valence-electron chi connectivity index (χ1n) is 9.48. The molecule has 1 aliphatic heterocycles. The number of aryl methyl sites for hydroxylation is 2. The molecule has 1 amide bonds. The van der Waals surface area contributed by atoms with E-state index in [1.54, 1.807) is 4.68 Å². The Morgan fingerprint density at radius 1 is 1.37 bits per heavy atom. The topological polar surface area (TPSA) is 68.2 Å². The van der Waals surface area contributed by atoms with Gasteiger partial charge < -0.3 is 15.4 Å². The van der Waals surface area contributed by atoms with Gasteiger partial charge in [-0.2, -0.15) is 5.10 Å². The van der Waals surface area contributed by atoms with Crippen LogP contribution in [-0.2, 0) is 18.4 Å². The number of hydrogen-bond acceptors (Lipinski definition) is 4. The van der Waals surface area contributed by atoms with Gasteiger partial charge in [-0.15, -0.1) is 0 Å². The molecule has 0 aliphatic carbocycles. The molecule has 0 radical (unpaired) electrons. The first kappa shape index (κ1) is 19.4. The molecule has 2 aromatic rings. The lowest BCUT2D eigenvalue weighted by Gasteiger charge is -2.24. The van der Waals surface area contributed by atoms with E-state index in [4.69, 9.17) is 4.74 Å². The molecule has 0 saturated carbocycles. The summed E-state index contributed by atoms with van der Waals surface area (Å²) in [6.07, 6.45) is 3.85. The smallest absolute Gasteiger partial charge is 0.225 e. The Kier molecular flexibility index (Phi) is 5.56. The van der Waals surface area contributed by atoms with Crippen molar-refractivity contribution in [2.75, 3.05) is 13.1 Å². The standard InChI is InChI=1S/C21H30N4O2/c1-14-6-7-15(19(8-14)27-21(2,3)4)9-23-20(26)18-12-22-11-17(18)16-10-24-25(5)13-16/h6-8,10,13,17-18,22H,9,11-12H2,1-5H3,(H,23,26)/t17-,18+/m1/s1. The van der Waals surface area contributed by atoms with Crippen molar-refractivity contribution >= 4 is 5.91 Å². The van der Waals surface area contributed by atoms with Crippen molar-refractivity contribution in [3.05, 3.63) is 47.3 Å². The fraction of sp³-hybridized carbons (Fsp3) is 0.524. The predicted molar refractivity (Wildman–Crippen MR) is 106 cm³/mol. The number of rotatable bonds is 5. The molecule has 0 bridgehead atoms. The van der Waals surface area contributed by atoms with Crippen LogP contribution in [0.5, 0.6) is 5.75 Å². The molecule has 1 saturated heterocycles. The maximum atomic E-state index is 12.9. The van der Waals surface area contributed by atoms with Gasteiger partial charge in [-0.25, -0.2) is 0 Å². The number of ether oxygens (including phenoxy) is 1. The minimum absolute atomic E-state index is 0.0659. The van der Waals surface area contributed by atoms with E-state index in [1.165, 1.54) is 0 Å². The molecule has 2 heterocycles. The number of carbonyl (C=O) groups excluding carboxylic acids is 1. The van der Waals surface area contributed by atoms with Crippen LogP contribution in [-0.4, -0.2) is 34.4 Å². The van der Waals surface area contributed by atoms with Crippen LogP contribution < -0.4 is 15.4 Å². The van der Waals surface area contributed by atoms with Gasteiger partial charge in [0.1, 0.15) is 11.4 Å². The summed E-state index contributed by atoms with van der Waals surface area (Å²) in [5.74, 6) is 0.959. The van der Waals surface area contributed by atoms with E-state index >= 15 is 0 Å². The van der Waals surface area contributed by atoms with E-state index in [2.05, 4.69) is 15.7 Å². The van der Waals surface area contributed by atoms with Crippen LogP contribution in [0.25, 0.3) is 0 Å². The summed E-state index contributed by atoms with van der Waals surface area (Å²) in [4.78, 5) is 12.9. The van der Waals surface area contributed by atoms with Crippen LogP contribution in [0.15, 0.2) is 30.6 Å². The molecule has 3 rings (SSSR count). The Labute approximate surface area is 161 Å². The molecule has 1 fully saturated rings. The number of hydrogen-bond donors (Lipinski definition) is 2. The molecule has 0 unspecified atom stereocenters. The van der Waals surface area contributed by atoms with Crippen molar-refractivity contribution in [1.29, 1.82) is 0 Å². The normalized spacial score (nSPS) is 19.9. The molecule has 6 heteroatoms. The highest BCUT2D eigenvalue weighted by molar-refractivity contribution is 5.80. The van der Waals surface area contributed by atoms with Gasteiger partial charge in [0.05, 0.1) is 12.1 Å². The van der Waals surface area contributed by atoms with E-state index in [9.17, 15) is 4.79 Å². The van der Waals surface area contributed by atoms with Gasteiger partial charge >= 0.3 is 0 Å². The first-order valence-corrected chi connectivity index (χ1v) is 9.48. The Morgan fingerprint density at radius 2 is 2.15 bits per heavy atom. The number of carbonyl (C=O) groups is 1. The Morgan fingerprint density at radius 3 is 2.81 bits per heavy atom. The SMILES string of the molecule is Cc1ccc(CNC(=O)[C@H]2CNC[C@@H]2c2cnn(C)c2)c(OC(C)(C)C)c1. The quantitative estimate of drug-likeness (QED) is 0.849. The lowest BCUT2D eigenvalue weighted by atomic mass is 9.90. The van der Waals surface area contributed by atoms with Crippen molar-refractivity contribution in [2.45, 2.75) is 45.8 Å². The van der Waals surface area contributed by atoms with Crippen LogP contribution in [0.1, 0.15) is 43.4 Å². The average Bonchev–Trinajstić information content (AvgIpc) is 3.20. The van der Waals surface area contributed by atoms with Crippen molar-refractivity contribution in [2.24, 2.45) is 13.0 Å². The van der Waals surface area contributed by atoms with Gasteiger partial charge in [0.15, 0.2) is 0 Å². The van der Waals surface area contributed by atoms with Crippen molar-refractivity contribution in [3.63, 3.8) is 0 Å². The molecule has 0 spiro atoms. The fourth-order valence-electron chi connectivity index (χ4n) is 3.48. The third-order valence-corrected chi connectivity index (χ3v) is 4.80. The van der Waals surface area contributed by atoms with Crippen LogP contribution >= 0.6 is 0 Å². The predicted octanol–water partition coefficient (Wildman–Crippen LogP) is 2.53. The zero-order chi connectivity index (χ0) is 19.6. The highest BCUT2D eigenvalue weighted by atomic mass is 16.5. The summed E-state index contributed by atoms with van der Waals surface area (Å²) in [6.45, 7) is 10.1. The van der Waals surface area contributed by atoms with Crippen molar-refractivity contribution < 1.29 is 9.53 Å². The molecular weight excluding hydrogens is 340 g/mol. The number of amides is 1. The molecule has 2 atom stereocenters. The highest BCUT2D eigenvalue weighted by Crippen LogP contribution is 2.29. The maximum absolute atomic E-state index is 12.9. The summed E-state index contributed by atoms with van der Waals surface area (Å²) in [7, 11) is 1.90. The van der Waals surface area contributed by atoms with E-state index in [0.717, 1.165) is 29.0 Å². The number of nitrogens with one attached hydrogen (secondary N) is 2. The van der Waals surface area contributed by atoms with Gasteiger partial charge in [0, 0.05) is 44.4 Å². The van der Waals surface area contributed by atoms with E-state index in [0.29, 0.717) is 13.1 Å². The second kappa shape index (κ2) is 7.72. The molecule has 146 valence electrons. The van der Waals surface area contributed by atoms with Gasteiger partial charge in [0.25, 0.3) is 0 Å². The number of benzene rings is 1. The summed E-state index contributed by atoms with van der Waals surface area (Å²) >= 11 is 0. The second-order valence-corrected chi connectivity index (χ2v) is 8.36. The third-order valence-electron chi connectivity index (χ3n) is 4.80. The van der Waals surface area contributed by atoms with E-state index in [-0.39, 0.29) is 23.3 Å². The van der Waals surface area contributed by atoms with Gasteiger partial charge in [0.2, 0.25) is 5.91 Å². The summed E-state index contributed by atoms with van der Waals surface area (Å²) in [5.41, 5.74) is 2.95. The van der Waals surface area contributed by atoms with Gasteiger partial charge in [-0.05, 0) is 44.9 Å². The minimum Gasteiger partial charge on any atom is -0.488 e. The molecule has 1 aromatic carbocycles. The first-order chi connectivity index (χ1) is 12.7. The molecule has 1 aromatic heterocycles. The Bertz CT molecular complexity index is 807. The lowest BCUT2D eigenvalue weighted by Crippen LogP contribution is -2.34. The highest BCUT2D eigenvalue weighted by Gasteiger charge is 2.34. The largest absolute Gasteiger partial charge is 0.488 e. The molecule has 6 nitrogen and oxygen atoms in total. The maximum Gasteiger partial charge on any atom is 0.225 e. The summed E-state index contributed by atoms with van der Waals surface area (Å²) in [6, 6.07) is 6.11. The summed E-state index contributed by atoms with van der Waals surface area (Å²) < 4.78 is 7.87. The van der Waals surface area contributed by atoms with Crippen molar-refractivity contribution in [1.82, 2.24) is 20.4 Å². The van der Waals surface area contributed by atoms with Crippen LogP contribution in [0.3, 0.4) is 0 Å². The monoisotopic (exact) mass is 370 g/mol. The summed E-state index contributed by atoms with van der Waals surface area (Å²) in [5, 5.41) is 10.7. The van der Waals surface area contributed by atoms with E-state index < -0.39 is 0 Å². The fourth-order valence-corrected chi connectivity index (χ4v) is 3.48. The third kappa shape index (κ3) is 4.89. The zero-order valence-electron chi connectivity index (χ0n) is 16.9. The zero-order valence-corrected chi connectivity index (χ0v) is 16.9. The van der Waals surface area contributed by atoms with Gasteiger partial charge in [-0.1, -0.05) is 12.1 Å². The van der Waals surface area contributed by atoms with Crippen LogP contribution in [0.2, 0.25) is 0 Å². The van der Waals surface area contributed by atoms with Crippen molar-refractivity contribution in [3.8, 4) is 5.75 Å². The molecule has 27 heavy (non-hydrogen) atoms. The molecule has 2 N–H and O–H groups in total. The minimum atomic E-state index is -0.284. The lowest BCUT2D eigenvalue weighted by molar-refractivity contribution is -0.125. The van der Waals surface area contributed by atoms with E-state index in [1.807, 2.05) is 65.3 Å². The molecule has 1 aliphatic rings. The Balaban J connectivity index is 1.68. The van der Waals surface area contributed by atoms with Crippen LogP contribution in [0, 0.1) is 12.8 Å². The Hall–Kier alpha value is -2.34.